The molecule has 0 aromatic rings. The second kappa shape index (κ2) is 8.21. The topological polar surface area (TPSA) is 49.3 Å². The van der Waals surface area contributed by atoms with Crippen LogP contribution in [0.15, 0.2) is 0 Å². The first kappa shape index (κ1) is 18.4. The summed E-state index contributed by atoms with van der Waals surface area (Å²) in [5.41, 5.74) is 0. The van der Waals surface area contributed by atoms with Gasteiger partial charge < -0.3 is 10.4 Å². The van der Waals surface area contributed by atoms with Crippen molar-refractivity contribution in [1.29, 1.82) is 0 Å². The number of halogens is 2. The predicted octanol–water partition coefficient (Wildman–Crippen LogP) is 2.04. The first-order valence-electron chi connectivity index (χ1n) is 5.34. The molecule has 0 aromatic carbocycles. The molecule has 2 unspecified atom stereocenters. The molecule has 0 saturated carbocycles. The number of aliphatic carboxylic acids is 1. The van der Waals surface area contributed by atoms with Gasteiger partial charge in [-0.1, -0.05) is 19.8 Å². The second-order valence-electron chi connectivity index (χ2n) is 4.14. The molecule has 0 spiro atoms. The number of unbranched alkanes of at least 4 members (excludes halogenated alkanes) is 1. The van der Waals surface area contributed by atoms with Gasteiger partial charge in [0.1, 0.15) is 0 Å². The number of nitrogens with one attached hydrogen (secondary N) is 1. The van der Waals surface area contributed by atoms with Gasteiger partial charge in [-0.3, -0.25) is 4.79 Å². The van der Waals surface area contributed by atoms with Gasteiger partial charge in [0.15, 0.2) is 0 Å². The lowest BCUT2D eigenvalue weighted by Gasteiger charge is -2.31. The molecular formula is C10H20BCl2NO2. The zero-order chi connectivity index (χ0) is 10.6. The molecule has 0 aliphatic carbocycles. The number of carboxylic acids is 1. The van der Waals surface area contributed by atoms with Gasteiger partial charge in [0.25, 0.3) is 0 Å². The molecule has 0 amide bonds. The van der Waals surface area contributed by atoms with E-state index in [0.717, 1.165) is 32.4 Å². The van der Waals surface area contributed by atoms with E-state index in [0.29, 0.717) is 6.42 Å². The Hall–Kier alpha value is 0.0749. The average Bonchev–Trinajstić information content (AvgIpc) is 2.66. The van der Waals surface area contributed by atoms with Crippen molar-refractivity contribution in [2.75, 3.05) is 13.1 Å². The van der Waals surface area contributed by atoms with Crippen LogP contribution in [0.1, 0.15) is 32.6 Å². The van der Waals surface area contributed by atoms with E-state index in [9.17, 15) is 4.79 Å². The monoisotopic (exact) mass is 267 g/mol. The quantitative estimate of drug-likeness (QED) is 0.750. The van der Waals surface area contributed by atoms with Gasteiger partial charge in [-0.15, -0.1) is 24.8 Å². The Bertz CT molecular complexity index is 213. The van der Waals surface area contributed by atoms with Crippen LogP contribution < -0.4 is 5.32 Å². The van der Waals surface area contributed by atoms with Crippen LogP contribution in [-0.4, -0.2) is 32.0 Å². The molecule has 1 rings (SSSR count). The number of rotatable bonds is 5. The van der Waals surface area contributed by atoms with E-state index in [1.54, 1.807) is 0 Å². The van der Waals surface area contributed by atoms with Crippen LogP contribution in [-0.2, 0) is 4.79 Å². The van der Waals surface area contributed by atoms with E-state index >= 15 is 0 Å². The lowest BCUT2D eigenvalue weighted by Crippen LogP contribution is -2.33. The van der Waals surface area contributed by atoms with E-state index in [1.165, 1.54) is 0 Å². The average molecular weight is 268 g/mol. The second-order valence-corrected chi connectivity index (χ2v) is 4.14. The Morgan fingerprint density at radius 1 is 1.56 bits per heavy atom. The van der Waals surface area contributed by atoms with Crippen molar-refractivity contribution in [3.63, 3.8) is 0 Å². The minimum absolute atomic E-state index is 0. The Balaban J connectivity index is 0. The number of hydrogen-bond acceptors (Lipinski definition) is 2. The summed E-state index contributed by atoms with van der Waals surface area (Å²) in [5.74, 6) is -0.758. The van der Waals surface area contributed by atoms with E-state index in [4.69, 9.17) is 13.0 Å². The van der Waals surface area contributed by atoms with Crippen LogP contribution in [0.5, 0.6) is 0 Å². The molecule has 2 N–H and O–H groups in total. The third-order valence-corrected chi connectivity index (χ3v) is 3.13. The summed E-state index contributed by atoms with van der Waals surface area (Å²) in [6.07, 6.45) is 3.35. The van der Waals surface area contributed by atoms with Crippen molar-refractivity contribution < 1.29 is 9.90 Å². The molecule has 1 aliphatic rings. The van der Waals surface area contributed by atoms with Gasteiger partial charge in [0.2, 0.25) is 0 Å². The minimum atomic E-state index is -1.01. The Labute approximate surface area is 111 Å². The largest absolute Gasteiger partial charge is 0.481 e. The van der Waals surface area contributed by atoms with Gasteiger partial charge in [0, 0.05) is 5.31 Å². The standard InChI is InChI=1S/C10H18BNO2.2ClH/c1-2-3-5-10(11,9(13)14)8-4-6-12-7-8;;/h8,12H,2-7H2,1H3,(H,13,14);2*1H. The Morgan fingerprint density at radius 2 is 2.19 bits per heavy atom. The molecule has 1 saturated heterocycles. The molecule has 6 heteroatoms. The summed E-state index contributed by atoms with van der Waals surface area (Å²) in [4.78, 5) is 11.2. The van der Waals surface area contributed by atoms with Gasteiger partial charge in [-0.05, 0) is 31.8 Å². The van der Waals surface area contributed by atoms with Crippen molar-refractivity contribution in [1.82, 2.24) is 5.32 Å². The molecule has 2 radical (unpaired) electrons. The SMILES string of the molecule is Cl.Cl.[B]C(CCCC)(C(=O)O)C1CCNC1. The summed E-state index contributed by atoms with van der Waals surface area (Å²) in [7, 11) is 5.99. The Morgan fingerprint density at radius 3 is 2.56 bits per heavy atom. The highest BCUT2D eigenvalue weighted by atomic mass is 35.5. The highest BCUT2D eigenvalue weighted by Crippen LogP contribution is 2.41. The van der Waals surface area contributed by atoms with Crippen molar-refractivity contribution in [2.45, 2.75) is 37.9 Å². The molecule has 1 heterocycles. The first-order chi connectivity index (χ1) is 6.61. The maximum Gasteiger partial charge on any atom is 0.300 e. The molecule has 2 atom stereocenters. The first-order valence-corrected chi connectivity index (χ1v) is 5.34. The van der Waals surface area contributed by atoms with Crippen LogP contribution in [0, 0.1) is 5.92 Å². The lowest BCUT2D eigenvalue weighted by molar-refractivity contribution is -0.142. The van der Waals surface area contributed by atoms with Crippen LogP contribution in [0.25, 0.3) is 0 Å². The van der Waals surface area contributed by atoms with Crippen LogP contribution >= 0.6 is 24.8 Å². The molecule has 16 heavy (non-hydrogen) atoms. The molecule has 0 aromatic heterocycles. The molecule has 3 nitrogen and oxygen atoms in total. The molecular weight excluding hydrogens is 248 g/mol. The number of carboxylic acid groups (broad SMARTS) is 1. The highest BCUT2D eigenvalue weighted by molar-refractivity contribution is 6.27. The highest BCUT2D eigenvalue weighted by Gasteiger charge is 2.41. The van der Waals surface area contributed by atoms with Gasteiger partial charge >= 0.3 is 5.97 Å². The zero-order valence-electron chi connectivity index (χ0n) is 9.57. The van der Waals surface area contributed by atoms with Gasteiger partial charge in [-0.2, -0.15) is 0 Å². The zero-order valence-corrected chi connectivity index (χ0v) is 11.2. The maximum atomic E-state index is 11.2. The van der Waals surface area contributed by atoms with Crippen LogP contribution in [0.2, 0.25) is 5.31 Å². The normalized spacial score (nSPS) is 22.7. The van der Waals surface area contributed by atoms with E-state index in [-0.39, 0.29) is 30.7 Å². The van der Waals surface area contributed by atoms with Crippen molar-refractivity contribution >= 4 is 38.6 Å². The maximum absolute atomic E-state index is 11.2. The van der Waals surface area contributed by atoms with Crippen molar-refractivity contribution in [3.8, 4) is 0 Å². The molecule has 94 valence electrons. The fraction of sp³-hybridized carbons (Fsp3) is 0.900. The molecule has 0 bridgehead atoms. The lowest BCUT2D eigenvalue weighted by atomic mass is 9.57. The summed E-state index contributed by atoms with van der Waals surface area (Å²) >= 11 is 0. The minimum Gasteiger partial charge on any atom is -0.481 e. The number of hydrogen-bond donors (Lipinski definition) is 2. The third kappa shape index (κ3) is 4.15. The van der Waals surface area contributed by atoms with E-state index in [2.05, 4.69) is 12.2 Å². The van der Waals surface area contributed by atoms with Gasteiger partial charge in [0.05, 0.1) is 7.85 Å². The number of carbonyl (C=O) groups is 1. The van der Waals surface area contributed by atoms with Crippen molar-refractivity contribution in [3.05, 3.63) is 0 Å². The fourth-order valence-corrected chi connectivity index (χ4v) is 2.05. The molecule has 1 aliphatic heterocycles. The smallest absolute Gasteiger partial charge is 0.300 e. The summed E-state index contributed by atoms with van der Waals surface area (Å²) in [6, 6.07) is 0. The van der Waals surface area contributed by atoms with Gasteiger partial charge in [-0.25, -0.2) is 0 Å². The predicted molar refractivity (Wildman–Crippen MR) is 71.1 cm³/mol. The summed E-state index contributed by atoms with van der Waals surface area (Å²) in [6.45, 7) is 3.69. The fourth-order valence-electron chi connectivity index (χ4n) is 2.05. The van der Waals surface area contributed by atoms with E-state index < -0.39 is 11.3 Å². The summed E-state index contributed by atoms with van der Waals surface area (Å²) < 4.78 is 0. The summed E-state index contributed by atoms with van der Waals surface area (Å²) in [5, 5.41) is 11.3. The van der Waals surface area contributed by atoms with Crippen LogP contribution in [0.3, 0.4) is 0 Å². The van der Waals surface area contributed by atoms with E-state index in [1.807, 2.05) is 0 Å². The third-order valence-electron chi connectivity index (χ3n) is 3.13. The molecule has 1 fully saturated rings. The van der Waals surface area contributed by atoms with Crippen LogP contribution in [0.4, 0.5) is 0 Å². The van der Waals surface area contributed by atoms with Crippen molar-refractivity contribution in [2.24, 2.45) is 5.92 Å². The Kier molecular flexibility index (Phi) is 9.46.